The van der Waals surface area contributed by atoms with Crippen LogP contribution >= 0.6 is 0 Å². The minimum atomic E-state index is 0.388. The van der Waals surface area contributed by atoms with Gasteiger partial charge in [-0.1, -0.05) is 18.2 Å². The van der Waals surface area contributed by atoms with Crippen molar-refractivity contribution in [3.63, 3.8) is 0 Å². The fourth-order valence-electron chi connectivity index (χ4n) is 1.29. The molecule has 0 aliphatic rings. The lowest BCUT2D eigenvalue weighted by atomic mass is 10.2. The lowest BCUT2D eigenvalue weighted by Crippen LogP contribution is -1.70. The molecule has 2 heteroatoms. The SMILES string of the molecule is Cc1cccc2cc(C=O)oc12. The lowest BCUT2D eigenvalue weighted by molar-refractivity contribution is 0.110. The molecule has 1 aromatic carbocycles. The summed E-state index contributed by atoms with van der Waals surface area (Å²) < 4.78 is 5.28. The van der Waals surface area contributed by atoms with E-state index in [0.717, 1.165) is 22.8 Å². The van der Waals surface area contributed by atoms with Gasteiger partial charge in [0.05, 0.1) is 0 Å². The first-order chi connectivity index (χ1) is 5.81. The average Bonchev–Trinajstić information content (AvgIpc) is 2.49. The number of aryl methyl sites for hydroxylation is 1. The minimum absolute atomic E-state index is 0.388. The van der Waals surface area contributed by atoms with Crippen LogP contribution in [-0.4, -0.2) is 6.29 Å². The maximum absolute atomic E-state index is 10.4. The molecule has 1 aromatic heterocycles. The molecule has 0 fully saturated rings. The average molecular weight is 160 g/mol. The number of aldehydes is 1. The van der Waals surface area contributed by atoms with Crippen molar-refractivity contribution < 1.29 is 9.21 Å². The molecule has 12 heavy (non-hydrogen) atoms. The molecule has 0 radical (unpaired) electrons. The van der Waals surface area contributed by atoms with Gasteiger partial charge in [-0.05, 0) is 18.6 Å². The van der Waals surface area contributed by atoms with E-state index in [1.807, 2.05) is 25.1 Å². The Labute approximate surface area is 69.8 Å². The Balaban J connectivity index is 2.82. The Morgan fingerprint density at radius 1 is 1.42 bits per heavy atom. The maximum atomic E-state index is 10.4. The standard InChI is InChI=1S/C10H8O2/c1-7-3-2-4-8-5-9(6-11)12-10(7)8/h2-6H,1H3. The van der Waals surface area contributed by atoms with Crippen LogP contribution in [0.25, 0.3) is 11.0 Å². The van der Waals surface area contributed by atoms with Crippen LogP contribution in [0.3, 0.4) is 0 Å². The lowest BCUT2D eigenvalue weighted by Gasteiger charge is -1.90. The van der Waals surface area contributed by atoms with Crippen molar-refractivity contribution in [3.8, 4) is 0 Å². The van der Waals surface area contributed by atoms with E-state index < -0.39 is 0 Å². The number of hydrogen-bond donors (Lipinski definition) is 0. The van der Waals surface area contributed by atoms with Crippen molar-refractivity contribution >= 4 is 17.3 Å². The Bertz CT molecular complexity index is 426. The van der Waals surface area contributed by atoms with Crippen molar-refractivity contribution in [3.05, 3.63) is 35.6 Å². The summed E-state index contributed by atoms with van der Waals surface area (Å²) in [4.78, 5) is 10.4. The number of benzene rings is 1. The fourth-order valence-corrected chi connectivity index (χ4v) is 1.29. The summed E-state index contributed by atoms with van der Waals surface area (Å²) >= 11 is 0. The third kappa shape index (κ3) is 0.925. The van der Waals surface area contributed by atoms with Crippen molar-refractivity contribution in [2.24, 2.45) is 0 Å². The van der Waals surface area contributed by atoms with Crippen LogP contribution in [0.1, 0.15) is 16.1 Å². The van der Waals surface area contributed by atoms with Crippen molar-refractivity contribution in [1.82, 2.24) is 0 Å². The van der Waals surface area contributed by atoms with E-state index in [2.05, 4.69) is 0 Å². The van der Waals surface area contributed by atoms with Crippen LogP contribution in [0.15, 0.2) is 28.7 Å². The number of carbonyl (C=O) groups excluding carboxylic acids is 1. The zero-order valence-electron chi connectivity index (χ0n) is 6.70. The molecule has 60 valence electrons. The fraction of sp³-hybridized carbons (Fsp3) is 0.100. The summed E-state index contributed by atoms with van der Waals surface area (Å²) in [6.07, 6.45) is 0.722. The summed E-state index contributed by atoms with van der Waals surface area (Å²) in [6.45, 7) is 1.96. The first kappa shape index (κ1) is 7.10. The molecule has 0 aliphatic carbocycles. The summed E-state index contributed by atoms with van der Waals surface area (Å²) in [5.41, 5.74) is 1.86. The summed E-state index contributed by atoms with van der Waals surface area (Å²) in [6, 6.07) is 7.58. The molecule has 2 nitrogen and oxygen atoms in total. The maximum Gasteiger partial charge on any atom is 0.185 e. The first-order valence-electron chi connectivity index (χ1n) is 3.75. The molecule has 0 bridgehead atoms. The second kappa shape index (κ2) is 2.48. The number of fused-ring (bicyclic) bond motifs is 1. The quantitative estimate of drug-likeness (QED) is 0.600. The van der Waals surface area contributed by atoms with E-state index in [1.54, 1.807) is 6.07 Å². The van der Waals surface area contributed by atoms with Crippen molar-refractivity contribution in [2.75, 3.05) is 0 Å². The molecule has 0 saturated carbocycles. The van der Waals surface area contributed by atoms with Crippen molar-refractivity contribution in [2.45, 2.75) is 6.92 Å². The molecule has 0 saturated heterocycles. The molecule has 0 atom stereocenters. The highest BCUT2D eigenvalue weighted by Crippen LogP contribution is 2.21. The molecular weight excluding hydrogens is 152 g/mol. The van der Waals surface area contributed by atoms with Gasteiger partial charge in [-0.3, -0.25) is 4.79 Å². The Hall–Kier alpha value is -1.57. The highest BCUT2D eigenvalue weighted by molar-refractivity contribution is 5.86. The number of furan rings is 1. The van der Waals surface area contributed by atoms with Gasteiger partial charge in [-0.2, -0.15) is 0 Å². The molecule has 0 unspecified atom stereocenters. The van der Waals surface area contributed by atoms with Gasteiger partial charge in [0.25, 0.3) is 0 Å². The highest BCUT2D eigenvalue weighted by atomic mass is 16.3. The largest absolute Gasteiger partial charge is 0.453 e. The second-order valence-corrected chi connectivity index (χ2v) is 2.76. The second-order valence-electron chi connectivity index (χ2n) is 2.76. The van der Waals surface area contributed by atoms with E-state index in [1.165, 1.54) is 0 Å². The van der Waals surface area contributed by atoms with Gasteiger partial charge in [-0.15, -0.1) is 0 Å². The van der Waals surface area contributed by atoms with Crippen LogP contribution in [-0.2, 0) is 0 Å². The van der Waals surface area contributed by atoms with E-state index in [4.69, 9.17) is 4.42 Å². The third-order valence-electron chi connectivity index (χ3n) is 1.88. The number of para-hydroxylation sites is 1. The van der Waals surface area contributed by atoms with E-state index >= 15 is 0 Å². The molecule has 0 N–H and O–H groups in total. The van der Waals surface area contributed by atoms with E-state index in [9.17, 15) is 4.79 Å². The molecule has 0 amide bonds. The van der Waals surface area contributed by atoms with Crippen LogP contribution < -0.4 is 0 Å². The molecule has 2 aromatic rings. The molecular formula is C10H8O2. The zero-order chi connectivity index (χ0) is 8.55. The number of rotatable bonds is 1. The van der Waals surface area contributed by atoms with Gasteiger partial charge in [0.15, 0.2) is 12.0 Å². The van der Waals surface area contributed by atoms with Gasteiger partial charge in [0.1, 0.15) is 5.58 Å². The molecule has 2 rings (SSSR count). The van der Waals surface area contributed by atoms with E-state index in [0.29, 0.717) is 5.76 Å². The predicted molar refractivity (Wildman–Crippen MR) is 46.3 cm³/mol. The van der Waals surface area contributed by atoms with Crippen LogP contribution in [0, 0.1) is 6.92 Å². The minimum Gasteiger partial charge on any atom is -0.453 e. The Morgan fingerprint density at radius 2 is 2.25 bits per heavy atom. The Morgan fingerprint density at radius 3 is 2.92 bits per heavy atom. The summed E-state index contributed by atoms with van der Waals surface area (Å²) in [5, 5.41) is 0.983. The first-order valence-corrected chi connectivity index (χ1v) is 3.75. The highest BCUT2D eigenvalue weighted by Gasteiger charge is 2.03. The predicted octanol–water partition coefficient (Wildman–Crippen LogP) is 2.55. The number of hydrogen-bond acceptors (Lipinski definition) is 2. The van der Waals surface area contributed by atoms with Crippen LogP contribution in [0.2, 0.25) is 0 Å². The molecule has 1 heterocycles. The molecule has 0 aliphatic heterocycles. The van der Waals surface area contributed by atoms with Crippen molar-refractivity contribution in [1.29, 1.82) is 0 Å². The van der Waals surface area contributed by atoms with E-state index in [-0.39, 0.29) is 0 Å². The van der Waals surface area contributed by atoms with Crippen LogP contribution in [0.5, 0.6) is 0 Å². The summed E-state index contributed by atoms with van der Waals surface area (Å²) in [7, 11) is 0. The van der Waals surface area contributed by atoms with Crippen LogP contribution in [0.4, 0.5) is 0 Å². The smallest absolute Gasteiger partial charge is 0.185 e. The third-order valence-corrected chi connectivity index (χ3v) is 1.88. The van der Waals surface area contributed by atoms with Gasteiger partial charge < -0.3 is 4.42 Å². The van der Waals surface area contributed by atoms with Gasteiger partial charge in [-0.25, -0.2) is 0 Å². The monoisotopic (exact) mass is 160 g/mol. The normalized spacial score (nSPS) is 10.4. The van der Waals surface area contributed by atoms with Gasteiger partial charge in [0, 0.05) is 5.39 Å². The topological polar surface area (TPSA) is 30.2 Å². The number of carbonyl (C=O) groups is 1. The van der Waals surface area contributed by atoms with Gasteiger partial charge in [0.2, 0.25) is 0 Å². The molecule has 0 spiro atoms. The zero-order valence-corrected chi connectivity index (χ0v) is 6.70. The van der Waals surface area contributed by atoms with Gasteiger partial charge >= 0.3 is 0 Å². The summed E-state index contributed by atoms with van der Waals surface area (Å²) in [5.74, 6) is 0.388. The Kier molecular flexibility index (Phi) is 1.47.